The Bertz CT molecular complexity index is 1330. The van der Waals surface area contributed by atoms with Crippen molar-refractivity contribution in [2.45, 2.75) is 26.4 Å². The molecule has 2 aromatic heterocycles. The predicted molar refractivity (Wildman–Crippen MR) is 117 cm³/mol. The number of nitrogens with zero attached hydrogens (tertiary/aromatic N) is 3. The van der Waals surface area contributed by atoms with Gasteiger partial charge < -0.3 is 5.32 Å². The molecule has 8 heteroatoms. The molecule has 2 heterocycles. The van der Waals surface area contributed by atoms with Gasteiger partial charge in [0.25, 0.3) is 11.5 Å². The van der Waals surface area contributed by atoms with Crippen molar-refractivity contribution in [3.63, 3.8) is 0 Å². The Morgan fingerprint density at radius 3 is 2.47 bits per heavy atom. The minimum absolute atomic E-state index is 0.0176. The average Bonchev–Trinajstić information content (AvgIpc) is 2.79. The molecule has 0 saturated heterocycles. The quantitative estimate of drug-likeness (QED) is 0.496. The lowest BCUT2D eigenvalue weighted by molar-refractivity contribution is 0.0951. The van der Waals surface area contributed by atoms with Crippen molar-refractivity contribution in [1.29, 1.82) is 0 Å². The molecule has 0 radical (unpaired) electrons. The number of aryl methyl sites for hydroxylation is 1. The minimum atomic E-state index is -0.703. The minimum Gasteiger partial charge on any atom is -0.348 e. The third-order valence-corrected chi connectivity index (χ3v) is 4.94. The number of carbonyl (C=O) groups excluding carboxylic acids is 1. The first-order valence-corrected chi connectivity index (χ1v) is 10.2. The number of fused-ring (bicyclic) bond motifs is 1. The lowest BCUT2D eigenvalue weighted by Gasteiger charge is -2.11. The Kier molecular flexibility index (Phi) is 6.02. The van der Waals surface area contributed by atoms with E-state index < -0.39 is 17.5 Å². The fourth-order valence-corrected chi connectivity index (χ4v) is 3.47. The van der Waals surface area contributed by atoms with Crippen LogP contribution >= 0.6 is 0 Å². The molecule has 6 nitrogen and oxygen atoms in total. The van der Waals surface area contributed by atoms with Gasteiger partial charge in [-0.15, -0.1) is 0 Å². The normalized spacial score (nSPS) is 11.0. The van der Waals surface area contributed by atoms with Crippen LogP contribution in [0.4, 0.5) is 8.78 Å². The van der Waals surface area contributed by atoms with Gasteiger partial charge in [-0.05, 0) is 48.4 Å². The molecule has 0 aliphatic rings. The van der Waals surface area contributed by atoms with Gasteiger partial charge in [-0.25, -0.2) is 18.7 Å². The number of pyridine rings is 1. The second kappa shape index (κ2) is 9.05. The summed E-state index contributed by atoms with van der Waals surface area (Å²) in [6.45, 7) is 2.48. The van der Waals surface area contributed by atoms with Crippen LogP contribution < -0.4 is 10.9 Å². The monoisotopic (exact) mass is 434 g/mol. The van der Waals surface area contributed by atoms with Gasteiger partial charge in [0.05, 0.1) is 0 Å². The van der Waals surface area contributed by atoms with Crippen molar-refractivity contribution in [3.05, 3.63) is 93.9 Å². The second-order valence-electron chi connectivity index (χ2n) is 7.30. The van der Waals surface area contributed by atoms with E-state index in [0.717, 1.165) is 24.6 Å². The van der Waals surface area contributed by atoms with Crippen LogP contribution in [0.25, 0.3) is 22.4 Å². The molecule has 4 aromatic rings. The van der Waals surface area contributed by atoms with Crippen LogP contribution in [-0.2, 0) is 13.1 Å². The van der Waals surface area contributed by atoms with E-state index in [1.807, 2.05) is 6.92 Å². The first-order valence-electron chi connectivity index (χ1n) is 10.2. The highest BCUT2D eigenvalue weighted by molar-refractivity contribution is 5.94. The van der Waals surface area contributed by atoms with Crippen molar-refractivity contribution in [2.24, 2.45) is 0 Å². The van der Waals surface area contributed by atoms with E-state index in [1.165, 1.54) is 0 Å². The van der Waals surface area contributed by atoms with Gasteiger partial charge in [-0.3, -0.25) is 14.2 Å². The van der Waals surface area contributed by atoms with Crippen LogP contribution in [0.5, 0.6) is 0 Å². The van der Waals surface area contributed by atoms with Gasteiger partial charge in [-0.2, -0.15) is 0 Å². The van der Waals surface area contributed by atoms with Gasteiger partial charge in [0.1, 0.15) is 22.8 Å². The number of hydrogen-bond acceptors (Lipinski definition) is 4. The van der Waals surface area contributed by atoms with E-state index in [4.69, 9.17) is 0 Å². The Hall–Kier alpha value is -3.94. The molecular formula is C24H20F2N4O2. The summed E-state index contributed by atoms with van der Waals surface area (Å²) in [5, 5.41) is 2.63. The Morgan fingerprint density at radius 1 is 1.06 bits per heavy atom. The molecule has 0 atom stereocenters. The zero-order valence-corrected chi connectivity index (χ0v) is 17.3. The summed E-state index contributed by atoms with van der Waals surface area (Å²) < 4.78 is 28.2. The standard InChI is InChI=1S/C24H20F2N4O2/c1-2-10-30-22-20(4-3-9-27-22)29-21(24(30)32)16-5-7-17(8-6-16)23(31)28-14-15-11-18(25)13-19(26)12-15/h3-9,11-13H,2,10,14H2,1H3,(H,28,31). The first kappa shape index (κ1) is 21.3. The van der Waals surface area contributed by atoms with Gasteiger partial charge in [-0.1, -0.05) is 19.1 Å². The number of amides is 1. The maximum absolute atomic E-state index is 13.3. The lowest BCUT2D eigenvalue weighted by Crippen LogP contribution is -2.24. The van der Waals surface area contributed by atoms with Gasteiger partial charge in [0.15, 0.2) is 5.65 Å². The third-order valence-electron chi connectivity index (χ3n) is 4.94. The van der Waals surface area contributed by atoms with Crippen molar-refractivity contribution >= 4 is 17.1 Å². The molecule has 4 rings (SSSR count). The fourth-order valence-electron chi connectivity index (χ4n) is 3.47. The largest absolute Gasteiger partial charge is 0.348 e. The number of benzene rings is 2. The Morgan fingerprint density at radius 2 is 1.78 bits per heavy atom. The smallest absolute Gasteiger partial charge is 0.278 e. The van der Waals surface area contributed by atoms with Gasteiger partial charge >= 0.3 is 0 Å². The number of halogens is 2. The summed E-state index contributed by atoms with van der Waals surface area (Å²) in [6, 6.07) is 13.1. The summed E-state index contributed by atoms with van der Waals surface area (Å²) in [5.74, 6) is -1.81. The Balaban J connectivity index is 1.58. The molecular weight excluding hydrogens is 414 g/mol. The van der Waals surface area contributed by atoms with Crippen LogP contribution in [0, 0.1) is 11.6 Å². The number of aromatic nitrogens is 3. The number of hydrogen-bond donors (Lipinski definition) is 1. The highest BCUT2D eigenvalue weighted by Crippen LogP contribution is 2.18. The zero-order chi connectivity index (χ0) is 22.7. The van der Waals surface area contributed by atoms with E-state index in [9.17, 15) is 18.4 Å². The molecule has 162 valence electrons. The number of rotatable bonds is 6. The molecule has 0 bridgehead atoms. The van der Waals surface area contributed by atoms with Crippen LogP contribution in [0.3, 0.4) is 0 Å². The van der Waals surface area contributed by atoms with E-state index in [1.54, 1.807) is 47.2 Å². The molecule has 0 unspecified atom stereocenters. The van der Waals surface area contributed by atoms with Crippen molar-refractivity contribution in [2.75, 3.05) is 0 Å². The average molecular weight is 434 g/mol. The van der Waals surface area contributed by atoms with E-state index in [2.05, 4.69) is 15.3 Å². The van der Waals surface area contributed by atoms with Gasteiger partial charge in [0, 0.05) is 36.5 Å². The maximum Gasteiger partial charge on any atom is 0.278 e. The first-order chi connectivity index (χ1) is 15.5. The maximum atomic E-state index is 13.3. The predicted octanol–water partition coefficient (Wildman–Crippen LogP) is 4.08. The lowest BCUT2D eigenvalue weighted by atomic mass is 10.1. The van der Waals surface area contributed by atoms with Crippen LogP contribution in [0.2, 0.25) is 0 Å². The topological polar surface area (TPSA) is 76.9 Å². The van der Waals surface area contributed by atoms with Crippen molar-refractivity contribution in [1.82, 2.24) is 19.9 Å². The zero-order valence-electron chi connectivity index (χ0n) is 17.3. The highest BCUT2D eigenvalue weighted by atomic mass is 19.1. The molecule has 0 saturated carbocycles. The highest BCUT2D eigenvalue weighted by Gasteiger charge is 2.14. The molecule has 32 heavy (non-hydrogen) atoms. The molecule has 1 amide bonds. The fraction of sp³-hybridized carbons (Fsp3) is 0.167. The van der Waals surface area contributed by atoms with E-state index in [-0.39, 0.29) is 17.8 Å². The van der Waals surface area contributed by atoms with Gasteiger partial charge in [0.2, 0.25) is 0 Å². The summed E-state index contributed by atoms with van der Waals surface area (Å²) in [4.78, 5) is 34.2. The molecule has 1 N–H and O–H groups in total. The van der Waals surface area contributed by atoms with Crippen molar-refractivity contribution < 1.29 is 13.6 Å². The van der Waals surface area contributed by atoms with Crippen LogP contribution in [-0.4, -0.2) is 20.4 Å². The Labute approximate surface area is 182 Å². The molecule has 2 aromatic carbocycles. The second-order valence-corrected chi connectivity index (χ2v) is 7.30. The van der Waals surface area contributed by atoms with Crippen molar-refractivity contribution in [3.8, 4) is 11.3 Å². The summed E-state index contributed by atoms with van der Waals surface area (Å²) >= 11 is 0. The van der Waals surface area contributed by atoms with Crippen LogP contribution in [0.15, 0.2) is 65.6 Å². The number of carbonyl (C=O) groups is 1. The molecule has 0 spiro atoms. The molecule has 0 fully saturated rings. The molecule has 0 aliphatic carbocycles. The SMILES string of the molecule is CCCn1c(=O)c(-c2ccc(C(=O)NCc3cc(F)cc(F)c3)cc2)nc2cccnc21. The summed E-state index contributed by atoms with van der Waals surface area (Å²) in [7, 11) is 0. The van der Waals surface area contributed by atoms with Crippen LogP contribution in [0.1, 0.15) is 29.3 Å². The number of nitrogens with one attached hydrogen (secondary N) is 1. The van der Waals surface area contributed by atoms with E-state index >= 15 is 0 Å². The summed E-state index contributed by atoms with van der Waals surface area (Å²) in [5.41, 5.74) is 2.42. The summed E-state index contributed by atoms with van der Waals surface area (Å²) in [6.07, 6.45) is 2.39. The third kappa shape index (κ3) is 4.39. The molecule has 0 aliphatic heterocycles. The van der Waals surface area contributed by atoms with E-state index in [0.29, 0.717) is 34.4 Å².